The van der Waals surface area contributed by atoms with Gasteiger partial charge in [0.05, 0.1) is 13.4 Å². The summed E-state index contributed by atoms with van der Waals surface area (Å²) < 4.78 is 10.4. The molecule has 0 bridgehead atoms. The van der Waals surface area contributed by atoms with E-state index >= 15 is 0 Å². The molecule has 82 valence electrons. The minimum atomic E-state index is 0.349. The first-order valence-corrected chi connectivity index (χ1v) is 4.76. The van der Waals surface area contributed by atoms with Crippen LogP contribution >= 0.6 is 0 Å². The van der Waals surface area contributed by atoms with Crippen LogP contribution in [0.1, 0.15) is 11.3 Å². The molecule has 16 heavy (non-hydrogen) atoms. The van der Waals surface area contributed by atoms with Gasteiger partial charge >= 0.3 is 0 Å². The van der Waals surface area contributed by atoms with Gasteiger partial charge in [-0.15, -0.1) is 0 Å². The third kappa shape index (κ3) is 1.77. The maximum atomic E-state index is 9.04. The quantitative estimate of drug-likeness (QED) is 0.488. The highest BCUT2D eigenvalue weighted by Crippen LogP contribution is 2.21. The zero-order chi connectivity index (χ0) is 11.4. The number of para-hydroxylation sites is 1. The lowest BCUT2D eigenvalue weighted by Gasteiger charge is -2.07. The van der Waals surface area contributed by atoms with E-state index in [4.69, 9.17) is 14.4 Å². The molecular weight excluding hydrogens is 206 g/mol. The zero-order valence-electron chi connectivity index (χ0n) is 8.75. The molecule has 0 amide bonds. The van der Waals surface area contributed by atoms with Crippen molar-refractivity contribution in [1.82, 2.24) is 0 Å². The van der Waals surface area contributed by atoms with Crippen molar-refractivity contribution in [1.29, 1.82) is 0 Å². The molecule has 0 saturated heterocycles. The van der Waals surface area contributed by atoms with Crippen molar-refractivity contribution in [3.8, 4) is 5.75 Å². The van der Waals surface area contributed by atoms with Gasteiger partial charge in [0.15, 0.2) is 11.5 Å². The Morgan fingerprint density at radius 3 is 2.69 bits per heavy atom. The minimum Gasteiger partial charge on any atom is -0.496 e. The summed E-state index contributed by atoms with van der Waals surface area (Å²) in [6.45, 7) is 0. The standard InChI is InChI=1S/C12H11NO3/c1-15-10-6-3-2-5-9(10)12(13-14)11-7-4-8-16-11/h2-8,14H,1H3/b13-12-. The highest BCUT2D eigenvalue weighted by molar-refractivity contribution is 6.12. The van der Waals surface area contributed by atoms with Crippen molar-refractivity contribution in [2.75, 3.05) is 7.11 Å². The van der Waals surface area contributed by atoms with Gasteiger partial charge in [-0.05, 0) is 24.3 Å². The number of oxime groups is 1. The number of benzene rings is 1. The van der Waals surface area contributed by atoms with E-state index in [1.807, 2.05) is 12.1 Å². The molecule has 1 aromatic carbocycles. The Kier molecular flexibility index (Phi) is 2.91. The van der Waals surface area contributed by atoms with Gasteiger partial charge in [0.2, 0.25) is 0 Å². The van der Waals surface area contributed by atoms with Crippen LogP contribution in [0.4, 0.5) is 0 Å². The van der Waals surface area contributed by atoms with E-state index in [-0.39, 0.29) is 0 Å². The third-order valence-corrected chi connectivity index (χ3v) is 2.22. The van der Waals surface area contributed by atoms with Crippen LogP contribution in [0.2, 0.25) is 0 Å². The average molecular weight is 217 g/mol. The molecule has 0 spiro atoms. The van der Waals surface area contributed by atoms with E-state index in [1.165, 1.54) is 6.26 Å². The molecule has 4 nitrogen and oxygen atoms in total. The van der Waals surface area contributed by atoms with Gasteiger partial charge in [-0.25, -0.2) is 0 Å². The normalized spacial score (nSPS) is 11.4. The Morgan fingerprint density at radius 1 is 1.25 bits per heavy atom. The number of hydrogen-bond acceptors (Lipinski definition) is 4. The fourth-order valence-corrected chi connectivity index (χ4v) is 1.49. The summed E-state index contributed by atoms with van der Waals surface area (Å²) in [4.78, 5) is 0. The van der Waals surface area contributed by atoms with Gasteiger partial charge in [0.25, 0.3) is 0 Å². The molecule has 0 unspecified atom stereocenters. The van der Waals surface area contributed by atoms with E-state index in [0.29, 0.717) is 22.8 Å². The fourth-order valence-electron chi connectivity index (χ4n) is 1.49. The van der Waals surface area contributed by atoms with E-state index in [9.17, 15) is 0 Å². The fraction of sp³-hybridized carbons (Fsp3) is 0.0833. The van der Waals surface area contributed by atoms with Crippen LogP contribution in [0.5, 0.6) is 5.75 Å². The summed E-state index contributed by atoms with van der Waals surface area (Å²) >= 11 is 0. The van der Waals surface area contributed by atoms with Crippen LogP contribution in [-0.2, 0) is 0 Å². The third-order valence-electron chi connectivity index (χ3n) is 2.22. The van der Waals surface area contributed by atoms with Crippen LogP contribution in [0, 0.1) is 0 Å². The molecule has 1 aromatic heterocycles. The van der Waals surface area contributed by atoms with Crippen molar-refractivity contribution in [2.24, 2.45) is 5.16 Å². The molecule has 1 heterocycles. The molecule has 0 aliphatic rings. The number of nitrogens with zero attached hydrogens (tertiary/aromatic N) is 1. The molecule has 0 saturated carbocycles. The van der Waals surface area contributed by atoms with Crippen molar-refractivity contribution >= 4 is 5.71 Å². The molecule has 2 aromatic rings. The first-order valence-electron chi connectivity index (χ1n) is 4.76. The van der Waals surface area contributed by atoms with Crippen LogP contribution in [0.25, 0.3) is 0 Å². The number of methoxy groups -OCH3 is 1. The Labute approximate surface area is 92.8 Å². The molecule has 4 heteroatoms. The lowest BCUT2D eigenvalue weighted by atomic mass is 10.1. The molecule has 0 fully saturated rings. The first-order chi connectivity index (χ1) is 7.86. The summed E-state index contributed by atoms with van der Waals surface area (Å²) in [5.74, 6) is 1.12. The lowest BCUT2D eigenvalue weighted by molar-refractivity contribution is 0.318. The van der Waals surface area contributed by atoms with Crippen molar-refractivity contribution in [3.05, 3.63) is 54.0 Å². The summed E-state index contributed by atoms with van der Waals surface area (Å²) in [7, 11) is 1.57. The van der Waals surface area contributed by atoms with Gasteiger partial charge in [0, 0.05) is 5.56 Å². The van der Waals surface area contributed by atoms with Gasteiger partial charge in [0.1, 0.15) is 5.75 Å². The van der Waals surface area contributed by atoms with Gasteiger partial charge in [-0.3, -0.25) is 0 Å². The smallest absolute Gasteiger partial charge is 0.156 e. The molecule has 0 aliphatic heterocycles. The Bertz CT molecular complexity index is 489. The number of furan rings is 1. The SMILES string of the molecule is COc1ccccc1/C(=N/O)c1ccco1. The summed E-state index contributed by atoms with van der Waals surface area (Å²) in [5, 5.41) is 12.3. The Morgan fingerprint density at radius 2 is 2.06 bits per heavy atom. The molecule has 0 radical (unpaired) electrons. The largest absolute Gasteiger partial charge is 0.496 e. The Hall–Kier alpha value is -2.23. The molecule has 0 atom stereocenters. The topological polar surface area (TPSA) is 55.0 Å². The monoisotopic (exact) mass is 217 g/mol. The minimum absolute atomic E-state index is 0.349. The molecule has 1 N–H and O–H groups in total. The van der Waals surface area contributed by atoms with Crippen molar-refractivity contribution < 1.29 is 14.4 Å². The second kappa shape index (κ2) is 4.53. The predicted octanol–water partition coefficient (Wildman–Crippen LogP) is 2.51. The second-order valence-electron chi connectivity index (χ2n) is 3.13. The predicted molar refractivity (Wildman–Crippen MR) is 59.1 cm³/mol. The van der Waals surface area contributed by atoms with Crippen molar-refractivity contribution in [2.45, 2.75) is 0 Å². The maximum Gasteiger partial charge on any atom is 0.156 e. The second-order valence-corrected chi connectivity index (χ2v) is 3.13. The van der Waals surface area contributed by atoms with Crippen LogP contribution in [-0.4, -0.2) is 18.0 Å². The van der Waals surface area contributed by atoms with Crippen molar-refractivity contribution in [3.63, 3.8) is 0 Å². The summed E-state index contributed by atoms with van der Waals surface area (Å²) in [6.07, 6.45) is 1.52. The van der Waals surface area contributed by atoms with E-state index in [0.717, 1.165) is 0 Å². The van der Waals surface area contributed by atoms with E-state index in [2.05, 4.69) is 5.16 Å². The van der Waals surface area contributed by atoms with Crippen LogP contribution in [0.15, 0.2) is 52.2 Å². The highest BCUT2D eigenvalue weighted by Gasteiger charge is 2.14. The average Bonchev–Trinajstić information content (AvgIpc) is 2.84. The van der Waals surface area contributed by atoms with Gasteiger partial charge in [-0.1, -0.05) is 17.3 Å². The first kappa shape index (κ1) is 10.3. The van der Waals surface area contributed by atoms with E-state index in [1.54, 1.807) is 31.4 Å². The van der Waals surface area contributed by atoms with Crippen LogP contribution in [0.3, 0.4) is 0 Å². The Balaban J connectivity index is 2.50. The summed E-state index contributed by atoms with van der Waals surface area (Å²) in [5.41, 5.74) is 1.03. The lowest BCUT2D eigenvalue weighted by Crippen LogP contribution is -2.04. The molecule has 0 aliphatic carbocycles. The van der Waals surface area contributed by atoms with Gasteiger partial charge < -0.3 is 14.4 Å². The van der Waals surface area contributed by atoms with Gasteiger partial charge in [-0.2, -0.15) is 0 Å². The zero-order valence-corrected chi connectivity index (χ0v) is 8.75. The number of rotatable bonds is 3. The highest BCUT2D eigenvalue weighted by atomic mass is 16.5. The summed E-state index contributed by atoms with van der Waals surface area (Å²) in [6, 6.07) is 10.7. The van der Waals surface area contributed by atoms with Crippen LogP contribution < -0.4 is 4.74 Å². The molecular formula is C12H11NO3. The number of ether oxygens (including phenoxy) is 1. The number of hydrogen-bond donors (Lipinski definition) is 1. The molecule has 2 rings (SSSR count). The van der Waals surface area contributed by atoms with E-state index < -0.39 is 0 Å². The maximum absolute atomic E-state index is 9.04.